The van der Waals surface area contributed by atoms with Gasteiger partial charge in [-0.25, -0.2) is 0 Å². The van der Waals surface area contributed by atoms with Crippen LogP contribution in [0.5, 0.6) is 0 Å². The summed E-state index contributed by atoms with van der Waals surface area (Å²) in [6.45, 7) is 4.38. The van der Waals surface area contributed by atoms with Gasteiger partial charge in [0.2, 0.25) is 0 Å². The van der Waals surface area contributed by atoms with E-state index in [9.17, 15) is 0 Å². The van der Waals surface area contributed by atoms with Gasteiger partial charge in [-0.15, -0.1) is 0 Å². The standard InChI is InChI=1S/C11H16N2/c1-8(2)9-3-6-13-10(7-9)11(12)4-5-11/h3,6-8H,4-5,12H2,1-2H3. The summed E-state index contributed by atoms with van der Waals surface area (Å²) in [6.07, 6.45) is 4.04. The van der Waals surface area contributed by atoms with Crippen LogP contribution in [0.1, 0.15) is 43.9 Å². The van der Waals surface area contributed by atoms with Crippen molar-refractivity contribution in [3.63, 3.8) is 0 Å². The van der Waals surface area contributed by atoms with Crippen molar-refractivity contribution in [2.24, 2.45) is 5.73 Å². The van der Waals surface area contributed by atoms with E-state index in [4.69, 9.17) is 5.73 Å². The Labute approximate surface area is 79.2 Å². The third-order valence-electron chi connectivity index (χ3n) is 2.75. The zero-order chi connectivity index (χ0) is 9.47. The molecule has 1 aromatic rings. The lowest BCUT2D eigenvalue weighted by atomic mass is 10.0. The van der Waals surface area contributed by atoms with Crippen LogP contribution in [0.15, 0.2) is 18.3 Å². The molecule has 1 saturated carbocycles. The predicted octanol–water partition coefficient (Wildman–Crippen LogP) is 2.15. The lowest BCUT2D eigenvalue weighted by Crippen LogP contribution is -2.20. The van der Waals surface area contributed by atoms with Crippen molar-refractivity contribution in [1.82, 2.24) is 4.98 Å². The topological polar surface area (TPSA) is 38.9 Å². The first-order valence-electron chi connectivity index (χ1n) is 4.87. The number of hydrogen-bond donors (Lipinski definition) is 1. The summed E-state index contributed by atoms with van der Waals surface area (Å²) in [7, 11) is 0. The zero-order valence-electron chi connectivity index (χ0n) is 8.25. The van der Waals surface area contributed by atoms with E-state index in [0.29, 0.717) is 5.92 Å². The molecular formula is C11H16N2. The van der Waals surface area contributed by atoms with Crippen molar-refractivity contribution in [1.29, 1.82) is 0 Å². The van der Waals surface area contributed by atoms with Crippen LogP contribution < -0.4 is 5.73 Å². The minimum atomic E-state index is -0.0924. The molecule has 0 aliphatic heterocycles. The molecular weight excluding hydrogens is 160 g/mol. The van der Waals surface area contributed by atoms with Crippen LogP contribution in [0.25, 0.3) is 0 Å². The summed E-state index contributed by atoms with van der Waals surface area (Å²) in [6, 6.07) is 4.22. The smallest absolute Gasteiger partial charge is 0.0605 e. The van der Waals surface area contributed by atoms with E-state index in [-0.39, 0.29) is 5.54 Å². The van der Waals surface area contributed by atoms with Gasteiger partial charge in [-0.2, -0.15) is 0 Å². The maximum Gasteiger partial charge on any atom is 0.0605 e. The molecule has 1 aliphatic carbocycles. The fraction of sp³-hybridized carbons (Fsp3) is 0.545. The van der Waals surface area contributed by atoms with Crippen molar-refractivity contribution in [2.75, 3.05) is 0 Å². The molecule has 0 atom stereocenters. The minimum absolute atomic E-state index is 0.0924. The van der Waals surface area contributed by atoms with Crippen molar-refractivity contribution in [2.45, 2.75) is 38.1 Å². The SMILES string of the molecule is CC(C)c1ccnc(C2(N)CC2)c1. The van der Waals surface area contributed by atoms with E-state index in [1.807, 2.05) is 6.20 Å². The first-order valence-corrected chi connectivity index (χ1v) is 4.87. The second kappa shape index (κ2) is 2.81. The molecule has 0 saturated heterocycles. The third kappa shape index (κ3) is 1.59. The maximum atomic E-state index is 6.07. The summed E-state index contributed by atoms with van der Waals surface area (Å²) < 4.78 is 0. The van der Waals surface area contributed by atoms with E-state index in [0.717, 1.165) is 18.5 Å². The lowest BCUT2D eigenvalue weighted by Gasteiger charge is -2.11. The molecule has 1 fully saturated rings. The first kappa shape index (κ1) is 8.70. The second-order valence-corrected chi connectivity index (χ2v) is 4.29. The molecule has 13 heavy (non-hydrogen) atoms. The molecule has 2 nitrogen and oxygen atoms in total. The molecule has 2 heteroatoms. The molecule has 0 bridgehead atoms. The fourth-order valence-electron chi connectivity index (χ4n) is 1.47. The molecule has 0 unspecified atom stereocenters. The van der Waals surface area contributed by atoms with Crippen molar-refractivity contribution < 1.29 is 0 Å². The van der Waals surface area contributed by atoms with E-state index in [1.165, 1.54) is 5.56 Å². The molecule has 70 valence electrons. The molecule has 0 amide bonds. The van der Waals surface area contributed by atoms with E-state index in [2.05, 4.69) is 31.0 Å². The van der Waals surface area contributed by atoms with Gasteiger partial charge in [0.25, 0.3) is 0 Å². The number of nitrogens with two attached hydrogens (primary N) is 1. The Morgan fingerprint density at radius 3 is 2.69 bits per heavy atom. The molecule has 0 aromatic carbocycles. The highest BCUT2D eigenvalue weighted by Gasteiger charge is 2.41. The molecule has 1 heterocycles. The molecule has 0 spiro atoms. The van der Waals surface area contributed by atoms with Gasteiger partial charge in [0.1, 0.15) is 0 Å². The van der Waals surface area contributed by atoms with Gasteiger partial charge in [-0.3, -0.25) is 4.98 Å². The van der Waals surface area contributed by atoms with Gasteiger partial charge < -0.3 is 5.73 Å². The Morgan fingerprint density at radius 2 is 2.15 bits per heavy atom. The molecule has 1 aromatic heterocycles. The number of nitrogens with zero attached hydrogens (tertiary/aromatic N) is 1. The highest BCUT2D eigenvalue weighted by Crippen LogP contribution is 2.41. The lowest BCUT2D eigenvalue weighted by molar-refractivity contribution is 0.701. The minimum Gasteiger partial charge on any atom is -0.320 e. The normalized spacial score (nSPS) is 19.1. The number of pyridine rings is 1. The first-order chi connectivity index (χ1) is 6.12. The van der Waals surface area contributed by atoms with Crippen LogP contribution >= 0.6 is 0 Å². The highest BCUT2D eigenvalue weighted by molar-refractivity contribution is 5.28. The van der Waals surface area contributed by atoms with Crippen LogP contribution in [0.2, 0.25) is 0 Å². The van der Waals surface area contributed by atoms with Gasteiger partial charge >= 0.3 is 0 Å². The second-order valence-electron chi connectivity index (χ2n) is 4.29. The maximum absolute atomic E-state index is 6.07. The quantitative estimate of drug-likeness (QED) is 0.750. The van der Waals surface area contributed by atoms with Gasteiger partial charge in [-0.1, -0.05) is 13.8 Å². The average Bonchev–Trinajstić information content (AvgIpc) is 2.85. The summed E-state index contributed by atoms with van der Waals surface area (Å²) >= 11 is 0. The van der Waals surface area contributed by atoms with E-state index < -0.39 is 0 Å². The van der Waals surface area contributed by atoms with Gasteiger partial charge in [0, 0.05) is 6.20 Å². The van der Waals surface area contributed by atoms with Gasteiger partial charge in [-0.05, 0) is 36.5 Å². The van der Waals surface area contributed by atoms with Crippen LogP contribution in [-0.2, 0) is 5.54 Å². The van der Waals surface area contributed by atoms with Gasteiger partial charge in [0.05, 0.1) is 11.2 Å². The number of hydrogen-bond acceptors (Lipinski definition) is 2. The van der Waals surface area contributed by atoms with Crippen LogP contribution in [-0.4, -0.2) is 4.98 Å². The fourth-order valence-corrected chi connectivity index (χ4v) is 1.47. The highest BCUT2D eigenvalue weighted by atomic mass is 14.9. The van der Waals surface area contributed by atoms with Crippen LogP contribution in [0.3, 0.4) is 0 Å². The number of rotatable bonds is 2. The third-order valence-corrected chi connectivity index (χ3v) is 2.75. The van der Waals surface area contributed by atoms with Crippen molar-refractivity contribution in [3.8, 4) is 0 Å². The molecule has 1 aliphatic rings. The monoisotopic (exact) mass is 176 g/mol. The Balaban J connectivity index is 2.33. The zero-order valence-corrected chi connectivity index (χ0v) is 8.25. The van der Waals surface area contributed by atoms with Gasteiger partial charge in [0.15, 0.2) is 0 Å². The molecule has 2 N–H and O–H groups in total. The Morgan fingerprint density at radius 1 is 1.46 bits per heavy atom. The Bertz CT molecular complexity index is 314. The summed E-state index contributed by atoms with van der Waals surface area (Å²) in [4.78, 5) is 4.33. The van der Waals surface area contributed by atoms with Crippen LogP contribution in [0, 0.1) is 0 Å². The van der Waals surface area contributed by atoms with Crippen molar-refractivity contribution >= 4 is 0 Å². The van der Waals surface area contributed by atoms with E-state index >= 15 is 0 Å². The predicted molar refractivity (Wildman–Crippen MR) is 53.4 cm³/mol. The average molecular weight is 176 g/mol. The summed E-state index contributed by atoms with van der Waals surface area (Å²) in [5, 5.41) is 0. The summed E-state index contributed by atoms with van der Waals surface area (Å²) in [5.41, 5.74) is 8.39. The Hall–Kier alpha value is -0.890. The molecule has 0 radical (unpaired) electrons. The van der Waals surface area contributed by atoms with E-state index in [1.54, 1.807) is 0 Å². The van der Waals surface area contributed by atoms with Crippen LogP contribution in [0.4, 0.5) is 0 Å². The largest absolute Gasteiger partial charge is 0.320 e. The molecule has 2 rings (SSSR count). The van der Waals surface area contributed by atoms with Crippen molar-refractivity contribution in [3.05, 3.63) is 29.6 Å². The summed E-state index contributed by atoms with van der Waals surface area (Å²) in [5.74, 6) is 0.559. The number of aromatic nitrogens is 1. The Kier molecular flexibility index (Phi) is 1.88.